The summed E-state index contributed by atoms with van der Waals surface area (Å²) in [5, 5.41) is 18.7. The number of aromatic amines is 1. The zero-order chi connectivity index (χ0) is 29.9. The third-order valence-electron chi connectivity index (χ3n) is 6.54. The van der Waals surface area contributed by atoms with Crippen LogP contribution >= 0.6 is 11.6 Å². The molecule has 1 heterocycles. The zero-order valence-corrected chi connectivity index (χ0v) is 23.4. The average Bonchev–Trinajstić information content (AvgIpc) is 3.42. The van der Waals surface area contributed by atoms with E-state index in [9.17, 15) is 19.2 Å². The zero-order valence-electron chi connectivity index (χ0n) is 22.7. The molecular weight excluding hydrogens is 560 g/mol. The van der Waals surface area contributed by atoms with Crippen LogP contribution in [0.25, 0.3) is 10.9 Å². The molecule has 4 rings (SSSR count). The number of carboxylic acid groups (broad SMARTS) is 1. The Bertz CT molecular complexity index is 1540. The molecule has 0 bridgehead atoms. The minimum absolute atomic E-state index is 0.0123. The van der Waals surface area contributed by atoms with Gasteiger partial charge in [0, 0.05) is 40.1 Å². The first-order valence-corrected chi connectivity index (χ1v) is 13.8. The van der Waals surface area contributed by atoms with Crippen LogP contribution in [-0.2, 0) is 27.4 Å². The molecule has 10 nitrogen and oxygen atoms in total. The van der Waals surface area contributed by atoms with Gasteiger partial charge in [0.15, 0.2) is 0 Å². The van der Waals surface area contributed by atoms with Crippen molar-refractivity contribution < 1.29 is 29.0 Å². The second-order valence-electron chi connectivity index (χ2n) is 9.57. The number of halogens is 1. The van der Waals surface area contributed by atoms with Crippen LogP contribution in [0.1, 0.15) is 40.9 Å². The van der Waals surface area contributed by atoms with Gasteiger partial charge in [-0.3, -0.25) is 14.4 Å². The molecule has 4 aromatic rings. The van der Waals surface area contributed by atoms with Crippen LogP contribution in [0.5, 0.6) is 0 Å². The Morgan fingerprint density at radius 3 is 2.40 bits per heavy atom. The van der Waals surface area contributed by atoms with Gasteiger partial charge in [0.1, 0.15) is 18.3 Å². The summed E-state index contributed by atoms with van der Waals surface area (Å²) in [5.41, 5.74) is 2.90. The molecule has 0 aliphatic heterocycles. The highest BCUT2D eigenvalue weighted by Gasteiger charge is 2.23. The summed E-state index contributed by atoms with van der Waals surface area (Å²) >= 11 is 6.09. The van der Waals surface area contributed by atoms with Crippen molar-refractivity contribution in [3.05, 3.63) is 101 Å². The number of alkyl carbamates (subject to hydrolysis) is 1. The summed E-state index contributed by atoms with van der Waals surface area (Å²) in [6, 6.07) is 22.2. The molecule has 0 radical (unpaired) electrons. The quantitative estimate of drug-likeness (QED) is 0.134. The van der Waals surface area contributed by atoms with Gasteiger partial charge in [-0.25, -0.2) is 4.79 Å². The minimum Gasteiger partial charge on any atom is -0.481 e. The van der Waals surface area contributed by atoms with Crippen LogP contribution in [0.3, 0.4) is 0 Å². The van der Waals surface area contributed by atoms with E-state index < -0.39 is 29.9 Å². The van der Waals surface area contributed by atoms with Gasteiger partial charge in [0.05, 0.1) is 0 Å². The number of H-pyrrole nitrogens is 1. The number of ether oxygens (including phenoxy) is 1. The third-order valence-corrected chi connectivity index (χ3v) is 6.90. The van der Waals surface area contributed by atoms with Gasteiger partial charge in [0.25, 0.3) is 5.91 Å². The van der Waals surface area contributed by atoms with Crippen molar-refractivity contribution in [2.75, 3.05) is 11.9 Å². The molecule has 0 fully saturated rings. The second kappa shape index (κ2) is 14.7. The number of aryl methyl sites for hydroxylation is 1. The molecule has 0 saturated heterocycles. The Morgan fingerprint density at radius 2 is 1.64 bits per heavy atom. The summed E-state index contributed by atoms with van der Waals surface area (Å²) in [5.74, 6) is -1.88. The standard InChI is InChI=1S/C31H31ClN4O6/c32-23-11-4-1-10-22(23)19-42-31(41)33-17-7-14-26(36-30(40)27-18-21-9-3-6-13-25(21)34-27)29(39)35-24-12-5-2-8-20(24)15-16-28(37)38/h1-6,8-13,18,26,34H,7,14-17,19H2,(H,33,41)(H,35,39)(H,36,40)(H,37,38)/t26-/m0/s1. The predicted octanol–water partition coefficient (Wildman–Crippen LogP) is 5.28. The fourth-order valence-corrected chi connectivity index (χ4v) is 4.52. The Kier molecular flexibility index (Phi) is 10.5. The molecule has 3 amide bonds. The molecule has 1 aromatic heterocycles. The number of anilines is 1. The van der Waals surface area contributed by atoms with E-state index in [1.807, 2.05) is 24.3 Å². The van der Waals surface area contributed by atoms with E-state index in [0.717, 1.165) is 10.9 Å². The monoisotopic (exact) mass is 590 g/mol. The van der Waals surface area contributed by atoms with E-state index in [2.05, 4.69) is 20.9 Å². The lowest BCUT2D eigenvalue weighted by molar-refractivity contribution is -0.137. The largest absolute Gasteiger partial charge is 0.481 e. The number of amides is 3. The van der Waals surface area contributed by atoms with Crippen LogP contribution < -0.4 is 16.0 Å². The number of carbonyl (C=O) groups is 4. The fourth-order valence-electron chi connectivity index (χ4n) is 4.33. The Hall–Kier alpha value is -4.83. The van der Waals surface area contributed by atoms with Crippen LogP contribution in [-0.4, -0.2) is 46.6 Å². The van der Waals surface area contributed by atoms with E-state index in [4.69, 9.17) is 21.4 Å². The third kappa shape index (κ3) is 8.58. The fraction of sp³-hybridized carbons (Fsp3) is 0.226. The number of aliphatic carboxylic acids is 1. The Balaban J connectivity index is 1.39. The van der Waals surface area contributed by atoms with Crippen molar-refractivity contribution in [3.8, 4) is 0 Å². The summed E-state index contributed by atoms with van der Waals surface area (Å²) in [6.07, 6.45) is 0.0711. The maximum atomic E-state index is 13.4. The first-order chi connectivity index (χ1) is 20.3. The molecule has 0 aliphatic rings. The average molecular weight is 591 g/mol. The van der Waals surface area contributed by atoms with Crippen molar-refractivity contribution in [2.45, 2.75) is 38.3 Å². The molecule has 1 atom stereocenters. The highest BCUT2D eigenvalue weighted by molar-refractivity contribution is 6.31. The molecular formula is C31H31ClN4O6. The SMILES string of the molecule is O=C(O)CCc1ccccc1NC(=O)[C@H](CCCNC(=O)OCc1ccccc1Cl)NC(=O)c1cc2ccccc2[nH]1. The molecule has 3 aromatic carbocycles. The highest BCUT2D eigenvalue weighted by atomic mass is 35.5. The molecule has 218 valence electrons. The van der Waals surface area contributed by atoms with Gasteiger partial charge >= 0.3 is 12.1 Å². The summed E-state index contributed by atoms with van der Waals surface area (Å²) in [6.45, 7) is 0.209. The van der Waals surface area contributed by atoms with Gasteiger partial charge in [-0.15, -0.1) is 0 Å². The van der Waals surface area contributed by atoms with Crippen molar-refractivity contribution >= 4 is 52.1 Å². The Morgan fingerprint density at radius 1 is 0.929 bits per heavy atom. The number of para-hydroxylation sites is 2. The van der Waals surface area contributed by atoms with Crippen molar-refractivity contribution in [2.24, 2.45) is 0 Å². The molecule has 11 heteroatoms. The summed E-state index contributed by atoms with van der Waals surface area (Å²) in [4.78, 5) is 52.8. The lowest BCUT2D eigenvalue weighted by atomic mass is 10.1. The maximum Gasteiger partial charge on any atom is 0.407 e. The predicted molar refractivity (Wildman–Crippen MR) is 159 cm³/mol. The normalized spacial score (nSPS) is 11.5. The number of benzene rings is 3. The smallest absolute Gasteiger partial charge is 0.407 e. The summed E-state index contributed by atoms with van der Waals surface area (Å²) in [7, 11) is 0. The number of hydrogen-bond donors (Lipinski definition) is 5. The first kappa shape index (κ1) is 30.1. The number of rotatable bonds is 13. The number of nitrogens with one attached hydrogen (secondary N) is 4. The van der Waals surface area contributed by atoms with Gasteiger partial charge < -0.3 is 30.8 Å². The van der Waals surface area contributed by atoms with E-state index in [0.29, 0.717) is 34.0 Å². The molecule has 5 N–H and O–H groups in total. The summed E-state index contributed by atoms with van der Waals surface area (Å²) < 4.78 is 5.22. The maximum absolute atomic E-state index is 13.4. The number of carbonyl (C=O) groups excluding carboxylic acids is 3. The van der Waals surface area contributed by atoms with Crippen LogP contribution in [0.15, 0.2) is 78.9 Å². The molecule has 0 saturated carbocycles. The number of hydrogen-bond acceptors (Lipinski definition) is 5. The first-order valence-electron chi connectivity index (χ1n) is 13.4. The van der Waals surface area contributed by atoms with Gasteiger partial charge in [-0.05, 0) is 49.1 Å². The van der Waals surface area contributed by atoms with Gasteiger partial charge in [0.2, 0.25) is 5.91 Å². The number of aromatic nitrogens is 1. The minimum atomic E-state index is -0.947. The van der Waals surface area contributed by atoms with Crippen molar-refractivity contribution in [1.82, 2.24) is 15.6 Å². The van der Waals surface area contributed by atoms with Gasteiger partial charge in [-0.1, -0.05) is 66.2 Å². The lowest BCUT2D eigenvalue weighted by Gasteiger charge is -2.19. The second-order valence-corrected chi connectivity index (χ2v) is 9.98. The van der Waals surface area contributed by atoms with Crippen LogP contribution in [0, 0.1) is 0 Å². The Labute approximate surface area is 247 Å². The lowest BCUT2D eigenvalue weighted by Crippen LogP contribution is -2.44. The van der Waals surface area contributed by atoms with E-state index in [1.54, 1.807) is 54.6 Å². The van der Waals surface area contributed by atoms with Crippen LogP contribution in [0.4, 0.5) is 10.5 Å². The van der Waals surface area contributed by atoms with Crippen molar-refractivity contribution in [3.63, 3.8) is 0 Å². The number of carboxylic acids is 1. The number of fused-ring (bicyclic) bond motifs is 1. The van der Waals surface area contributed by atoms with Crippen molar-refractivity contribution in [1.29, 1.82) is 0 Å². The molecule has 0 spiro atoms. The van der Waals surface area contributed by atoms with E-state index >= 15 is 0 Å². The van der Waals surface area contributed by atoms with E-state index in [1.165, 1.54) is 0 Å². The highest BCUT2D eigenvalue weighted by Crippen LogP contribution is 2.19. The van der Waals surface area contributed by atoms with Crippen LogP contribution in [0.2, 0.25) is 5.02 Å². The van der Waals surface area contributed by atoms with Gasteiger partial charge in [-0.2, -0.15) is 0 Å². The molecule has 42 heavy (non-hydrogen) atoms. The molecule has 0 unspecified atom stereocenters. The topological polar surface area (TPSA) is 150 Å². The molecule has 0 aliphatic carbocycles. The van der Waals surface area contributed by atoms with E-state index in [-0.39, 0.29) is 32.4 Å².